The van der Waals surface area contributed by atoms with Gasteiger partial charge in [-0.2, -0.15) is 0 Å². The van der Waals surface area contributed by atoms with Crippen LogP contribution < -0.4 is 0 Å². The Balaban J connectivity index is 3.97. The summed E-state index contributed by atoms with van der Waals surface area (Å²) in [7, 11) is -0.741. The van der Waals surface area contributed by atoms with E-state index in [1.807, 2.05) is 26.2 Å². The zero-order valence-corrected chi connectivity index (χ0v) is 7.64. The van der Waals surface area contributed by atoms with E-state index in [1.165, 1.54) is 0 Å². The highest BCUT2D eigenvalue weighted by Gasteiger charge is 1.99. The molecule has 1 nitrogen and oxygen atoms in total. The first-order valence-corrected chi connectivity index (χ1v) is 5.39. The van der Waals surface area contributed by atoms with Crippen molar-refractivity contribution < 1.29 is 4.21 Å². The van der Waals surface area contributed by atoms with Crippen molar-refractivity contribution in [3.63, 3.8) is 0 Å². The molecule has 1 unspecified atom stereocenters. The molecule has 0 aromatic rings. The van der Waals surface area contributed by atoms with Crippen LogP contribution in [0.15, 0.2) is 10.3 Å². The summed E-state index contributed by atoms with van der Waals surface area (Å²) in [6, 6.07) is 0. The SMILES string of the molecule is CC=C(SC)S(=O)CC. The van der Waals surface area contributed by atoms with Crippen LogP contribution in [0.4, 0.5) is 0 Å². The van der Waals surface area contributed by atoms with Gasteiger partial charge in [0.15, 0.2) is 0 Å². The second-order valence-corrected chi connectivity index (χ2v) is 4.26. The molecule has 0 aliphatic carbocycles. The molecule has 0 saturated heterocycles. The molecule has 0 N–H and O–H groups in total. The monoisotopic (exact) mass is 164 g/mol. The van der Waals surface area contributed by atoms with Crippen molar-refractivity contribution in [1.29, 1.82) is 0 Å². The summed E-state index contributed by atoms with van der Waals surface area (Å²) in [6.45, 7) is 3.84. The molecule has 0 aliphatic rings. The van der Waals surface area contributed by atoms with Gasteiger partial charge in [-0.05, 0) is 13.2 Å². The number of hydrogen-bond acceptors (Lipinski definition) is 2. The highest BCUT2D eigenvalue weighted by atomic mass is 32.2. The smallest absolute Gasteiger partial charge is 0.0670 e. The number of allylic oxidation sites excluding steroid dienone is 1. The van der Waals surface area contributed by atoms with Crippen molar-refractivity contribution in [3.05, 3.63) is 10.3 Å². The van der Waals surface area contributed by atoms with Gasteiger partial charge in [-0.25, -0.2) is 0 Å². The highest BCUT2D eigenvalue weighted by molar-refractivity contribution is 8.16. The zero-order valence-electron chi connectivity index (χ0n) is 6.01. The van der Waals surface area contributed by atoms with Crippen LogP contribution in [0.25, 0.3) is 0 Å². The third-order valence-corrected chi connectivity index (χ3v) is 3.83. The molecule has 0 radical (unpaired) electrons. The molecule has 0 aliphatic heterocycles. The van der Waals surface area contributed by atoms with Gasteiger partial charge < -0.3 is 0 Å². The number of hydrogen-bond donors (Lipinski definition) is 0. The van der Waals surface area contributed by atoms with Gasteiger partial charge >= 0.3 is 0 Å². The summed E-state index contributed by atoms with van der Waals surface area (Å²) >= 11 is 1.56. The Morgan fingerprint density at radius 3 is 2.44 bits per heavy atom. The average molecular weight is 164 g/mol. The fourth-order valence-corrected chi connectivity index (χ4v) is 2.36. The van der Waals surface area contributed by atoms with Gasteiger partial charge in [-0.1, -0.05) is 13.0 Å². The highest BCUT2D eigenvalue weighted by Crippen LogP contribution is 2.15. The third kappa shape index (κ3) is 3.06. The summed E-state index contributed by atoms with van der Waals surface area (Å²) in [5, 5.41) is 0. The van der Waals surface area contributed by atoms with Gasteiger partial charge in [0.05, 0.1) is 15.0 Å². The first kappa shape index (κ1) is 9.24. The van der Waals surface area contributed by atoms with Crippen LogP contribution in [0.5, 0.6) is 0 Å². The molecule has 0 rings (SSSR count). The molecule has 0 aromatic heterocycles. The molecule has 3 heteroatoms. The minimum atomic E-state index is -0.741. The summed E-state index contributed by atoms with van der Waals surface area (Å²) in [5.41, 5.74) is 0. The van der Waals surface area contributed by atoms with Crippen LogP contribution in [-0.2, 0) is 10.8 Å². The van der Waals surface area contributed by atoms with Crippen LogP contribution >= 0.6 is 11.8 Å². The Bertz CT molecular complexity index is 129. The standard InChI is InChI=1S/C6H12OS2/c1-4-6(8-3)9(7)5-2/h4H,5H2,1-3H3. The van der Waals surface area contributed by atoms with E-state index in [0.717, 1.165) is 9.99 Å². The topological polar surface area (TPSA) is 17.1 Å². The van der Waals surface area contributed by atoms with Gasteiger partial charge in [0, 0.05) is 5.75 Å². The second-order valence-electron chi connectivity index (χ2n) is 1.45. The van der Waals surface area contributed by atoms with E-state index in [0.29, 0.717) is 0 Å². The number of rotatable bonds is 3. The zero-order chi connectivity index (χ0) is 7.28. The Morgan fingerprint density at radius 2 is 2.33 bits per heavy atom. The van der Waals surface area contributed by atoms with Crippen LogP contribution in [0.3, 0.4) is 0 Å². The van der Waals surface area contributed by atoms with Crippen molar-refractivity contribution in [2.45, 2.75) is 13.8 Å². The predicted molar refractivity (Wildman–Crippen MR) is 46.0 cm³/mol. The Kier molecular flexibility index (Phi) is 5.19. The fourth-order valence-electron chi connectivity index (χ4n) is 0.485. The lowest BCUT2D eigenvalue weighted by atomic mass is 10.8. The molecule has 0 amide bonds. The number of thioether (sulfide) groups is 1. The minimum absolute atomic E-state index is 0.723. The van der Waals surface area contributed by atoms with E-state index in [9.17, 15) is 4.21 Å². The van der Waals surface area contributed by atoms with Gasteiger partial charge in [0.2, 0.25) is 0 Å². The summed E-state index contributed by atoms with van der Waals surface area (Å²) in [5.74, 6) is 0.723. The van der Waals surface area contributed by atoms with Crippen LogP contribution in [0.2, 0.25) is 0 Å². The van der Waals surface area contributed by atoms with E-state index >= 15 is 0 Å². The van der Waals surface area contributed by atoms with Crippen molar-refractivity contribution in [2.75, 3.05) is 12.0 Å². The average Bonchev–Trinajstić information content (AvgIpc) is 1.90. The molecule has 0 spiro atoms. The molecule has 1 atom stereocenters. The molecule has 9 heavy (non-hydrogen) atoms. The van der Waals surface area contributed by atoms with Gasteiger partial charge in [0.1, 0.15) is 0 Å². The molecule has 0 aromatic carbocycles. The fraction of sp³-hybridized carbons (Fsp3) is 0.667. The van der Waals surface area contributed by atoms with E-state index in [2.05, 4.69) is 0 Å². The maximum atomic E-state index is 11.0. The van der Waals surface area contributed by atoms with Crippen LogP contribution in [-0.4, -0.2) is 16.2 Å². The van der Waals surface area contributed by atoms with Crippen molar-refractivity contribution in [2.24, 2.45) is 0 Å². The lowest BCUT2D eigenvalue weighted by Gasteiger charge is -1.97. The van der Waals surface area contributed by atoms with E-state index in [1.54, 1.807) is 11.8 Å². The van der Waals surface area contributed by atoms with E-state index in [4.69, 9.17) is 0 Å². The van der Waals surface area contributed by atoms with Gasteiger partial charge in [-0.3, -0.25) is 4.21 Å². The second kappa shape index (κ2) is 5.06. The van der Waals surface area contributed by atoms with Crippen LogP contribution in [0, 0.1) is 0 Å². The van der Waals surface area contributed by atoms with E-state index < -0.39 is 10.8 Å². The summed E-state index contributed by atoms with van der Waals surface area (Å²) in [6.07, 6.45) is 3.85. The maximum Gasteiger partial charge on any atom is 0.0670 e. The first-order valence-electron chi connectivity index (χ1n) is 2.84. The van der Waals surface area contributed by atoms with Crippen LogP contribution in [0.1, 0.15) is 13.8 Å². The normalized spacial score (nSPS) is 15.7. The molecule has 0 bridgehead atoms. The Labute approximate surface area is 63.4 Å². The minimum Gasteiger partial charge on any atom is -0.254 e. The van der Waals surface area contributed by atoms with E-state index in [-0.39, 0.29) is 0 Å². The van der Waals surface area contributed by atoms with Gasteiger partial charge in [-0.15, -0.1) is 11.8 Å². The third-order valence-electron chi connectivity index (χ3n) is 0.923. The maximum absolute atomic E-state index is 11.0. The first-order chi connectivity index (χ1) is 4.26. The Hall–Kier alpha value is 0.240. The molecule has 0 heterocycles. The van der Waals surface area contributed by atoms with Crippen molar-refractivity contribution >= 4 is 22.6 Å². The lowest BCUT2D eigenvalue weighted by molar-refractivity contribution is 0.688. The summed E-state index contributed by atoms with van der Waals surface area (Å²) < 4.78 is 12.0. The molecular weight excluding hydrogens is 152 g/mol. The largest absolute Gasteiger partial charge is 0.254 e. The molecule has 0 saturated carbocycles. The molecule has 54 valence electrons. The summed E-state index contributed by atoms with van der Waals surface area (Å²) in [4.78, 5) is 0. The Morgan fingerprint density at radius 1 is 1.78 bits per heavy atom. The molecule has 0 fully saturated rings. The quantitative estimate of drug-likeness (QED) is 0.634. The van der Waals surface area contributed by atoms with Crippen molar-refractivity contribution in [3.8, 4) is 0 Å². The predicted octanol–water partition coefficient (Wildman–Crippen LogP) is 1.98. The lowest BCUT2D eigenvalue weighted by Crippen LogP contribution is -1.92. The van der Waals surface area contributed by atoms with Crippen molar-refractivity contribution in [1.82, 2.24) is 0 Å². The molecular formula is C6H12OS2. The van der Waals surface area contributed by atoms with Gasteiger partial charge in [0.25, 0.3) is 0 Å².